The molecule has 0 radical (unpaired) electrons. The van der Waals surface area contributed by atoms with E-state index in [0.29, 0.717) is 12.5 Å². The van der Waals surface area contributed by atoms with Crippen LogP contribution in [0.1, 0.15) is 23.5 Å². The maximum absolute atomic E-state index is 12.1. The van der Waals surface area contributed by atoms with Crippen molar-refractivity contribution in [1.29, 1.82) is 0 Å². The van der Waals surface area contributed by atoms with E-state index in [2.05, 4.69) is 10.3 Å². The highest BCUT2D eigenvalue weighted by Crippen LogP contribution is 2.13. The van der Waals surface area contributed by atoms with Crippen LogP contribution in [0, 0.1) is 6.92 Å². The average Bonchev–Trinajstić information content (AvgIpc) is 2.75. The quantitative estimate of drug-likeness (QED) is 0.880. The summed E-state index contributed by atoms with van der Waals surface area (Å²) in [4.78, 5) is 18.4. The van der Waals surface area contributed by atoms with E-state index in [1.54, 1.807) is 11.3 Å². The first-order valence-electron chi connectivity index (χ1n) is 6.05. The van der Waals surface area contributed by atoms with Gasteiger partial charge in [-0.25, -0.2) is 4.98 Å². The number of aryl methyl sites for hydroxylation is 1. The van der Waals surface area contributed by atoms with Crippen LogP contribution >= 0.6 is 11.3 Å². The minimum atomic E-state index is 0.204. The minimum Gasteiger partial charge on any atom is -0.341 e. The maximum Gasteiger partial charge on any atom is 0.228 e. The van der Waals surface area contributed by atoms with Crippen LogP contribution in [0.15, 0.2) is 5.38 Å². The fourth-order valence-corrected chi connectivity index (χ4v) is 2.81. The van der Waals surface area contributed by atoms with E-state index < -0.39 is 0 Å². The third kappa shape index (κ3) is 3.26. The molecule has 2 heterocycles. The van der Waals surface area contributed by atoms with Gasteiger partial charge in [0.15, 0.2) is 0 Å². The molecule has 1 aromatic heterocycles. The molecule has 1 aliphatic heterocycles. The fraction of sp³-hybridized carbons (Fsp3) is 0.667. The first-order valence-corrected chi connectivity index (χ1v) is 6.93. The second-order valence-electron chi connectivity index (χ2n) is 4.50. The molecule has 2 rings (SSSR count). The maximum atomic E-state index is 12.1. The van der Waals surface area contributed by atoms with Crippen LogP contribution in [-0.4, -0.2) is 42.0 Å². The van der Waals surface area contributed by atoms with Gasteiger partial charge in [-0.3, -0.25) is 4.79 Å². The third-order valence-electron chi connectivity index (χ3n) is 3.18. The standard InChI is InChI=1S/C12H19N3OS/c1-9-14-11(8-17-9)6-12(16)15-5-3-4-10(7-15)13-2/h8,10,13H,3-7H2,1-2H3. The lowest BCUT2D eigenvalue weighted by Gasteiger charge is -2.32. The predicted octanol–water partition coefficient (Wildman–Crippen LogP) is 1.20. The lowest BCUT2D eigenvalue weighted by molar-refractivity contribution is -0.131. The van der Waals surface area contributed by atoms with Gasteiger partial charge in [-0.1, -0.05) is 0 Å². The smallest absolute Gasteiger partial charge is 0.228 e. The van der Waals surface area contributed by atoms with Crippen molar-refractivity contribution in [2.75, 3.05) is 20.1 Å². The molecule has 1 aromatic rings. The van der Waals surface area contributed by atoms with Crippen molar-refractivity contribution in [1.82, 2.24) is 15.2 Å². The normalized spacial score (nSPS) is 20.6. The van der Waals surface area contributed by atoms with Crippen molar-refractivity contribution in [3.8, 4) is 0 Å². The number of nitrogens with one attached hydrogen (secondary N) is 1. The largest absolute Gasteiger partial charge is 0.341 e. The number of carbonyl (C=O) groups excluding carboxylic acids is 1. The Morgan fingerprint density at radius 2 is 2.53 bits per heavy atom. The van der Waals surface area contributed by atoms with Gasteiger partial charge in [0.1, 0.15) is 0 Å². The van der Waals surface area contributed by atoms with Crippen LogP contribution < -0.4 is 5.32 Å². The third-order valence-corrected chi connectivity index (χ3v) is 4.00. The molecular formula is C12H19N3OS. The Bertz CT molecular complexity index is 391. The number of hydrogen-bond acceptors (Lipinski definition) is 4. The van der Waals surface area contributed by atoms with E-state index in [1.807, 2.05) is 24.3 Å². The second-order valence-corrected chi connectivity index (χ2v) is 5.56. The van der Waals surface area contributed by atoms with E-state index in [4.69, 9.17) is 0 Å². The molecule has 17 heavy (non-hydrogen) atoms. The van der Waals surface area contributed by atoms with E-state index in [9.17, 15) is 4.79 Å². The number of nitrogens with zero attached hydrogens (tertiary/aromatic N) is 2. The van der Waals surface area contributed by atoms with Gasteiger partial charge in [-0.15, -0.1) is 11.3 Å². The summed E-state index contributed by atoms with van der Waals surface area (Å²) < 4.78 is 0. The van der Waals surface area contributed by atoms with Gasteiger partial charge < -0.3 is 10.2 Å². The lowest BCUT2D eigenvalue weighted by atomic mass is 10.1. The molecule has 1 fully saturated rings. The molecule has 4 nitrogen and oxygen atoms in total. The zero-order valence-electron chi connectivity index (χ0n) is 10.4. The number of likely N-dealkylation sites (tertiary alicyclic amines) is 1. The molecule has 1 unspecified atom stereocenters. The van der Waals surface area contributed by atoms with Gasteiger partial charge in [-0.05, 0) is 26.8 Å². The molecule has 1 saturated heterocycles. The summed E-state index contributed by atoms with van der Waals surface area (Å²) in [5.74, 6) is 0.204. The first kappa shape index (κ1) is 12.5. The molecule has 5 heteroatoms. The van der Waals surface area contributed by atoms with Crippen molar-refractivity contribution >= 4 is 17.2 Å². The highest BCUT2D eigenvalue weighted by atomic mass is 32.1. The zero-order valence-corrected chi connectivity index (χ0v) is 11.2. The number of aromatic nitrogens is 1. The molecule has 1 aliphatic rings. The van der Waals surface area contributed by atoms with E-state index in [0.717, 1.165) is 36.6 Å². The number of amides is 1. The molecule has 94 valence electrons. The Hall–Kier alpha value is -0.940. The van der Waals surface area contributed by atoms with E-state index >= 15 is 0 Å². The summed E-state index contributed by atoms with van der Waals surface area (Å²) >= 11 is 1.60. The Morgan fingerprint density at radius 1 is 1.71 bits per heavy atom. The van der Waals surface area contributed by atoms with Crippen molar-refractivity contribution in [2.45, 2.75) is 32.2 Å². The Morgan fingerprint density at radius 3 is 3.18 bits per heavy atom. The summed E-state index contributed by atoms with van der Waals surface area (Å²) in [5.41, 5.74) is 0.907. The van der Waals surface area contributed by atoms with Crippen molar-refractivity contribution < 1.29 is 4.79 Å². The summed E-state index contributed by atoms with van der Waals surface area (Å²) in [6, 6.07) is 0.449. The van der Waals surface area contributed by atoms with Gasteiger partial charge in [-0.2, -0.15) is 0 Å². The predicted molar refractivity (Wildman–Crippen MR) is 69.2 cm³/mol. The average molecular weight is 253 g/mol. The number of hydrogen-bond donors (Lipinski definition) is 1. The molecule has 1 N–H and O–H groups in total. The Balaban J connectivity index is 1.91. The molecule has 0 aromatic carbocycles. The molecule has 0 saturated carbocycles. The monoisotopic (exact) mass is 253 g/mol. The van der Waals surface area contributed by atoms with Gasteiger partial charge >= 0.3 is 0 Å². The SMILES string of the molecule is CNC1CCCN(C(=O)Cc2csc(C)n2)C1. The van der Waals surface area contributed by atoms with Gasteiger partial charge in [0, 0.05) is 24.5 Å². The van der Waals surface area contributed by atoms with Gasteiger partial charge in [0.2, 0.25) is 5.91 Å². The van der Waals surface area contributed by atoms with E-state index in [1.165, 1.54) is 0 Å². The summed E-state index contributed by atoms with van der Waals surface area (Å²) in [5, 5.41) is 6.26. The van der Waals surface area contributed by atoms with E-state index in [-0.39, 0.29) is 5.91 Å². The van der Waals surface area contributed by atoms with Crippen molar-refractivity contribution in [3.05, 3.63) is 16.1 Å². The summed E-state index contributed by atoms with van der Waals surface area (Å²) in [6.07, 6.45) is 2.70. The zero-order chi connectivity index (χ0) is 12.3. The minimum absolute atomic E-state index is 0.204. The fourth-order valence-electron chi connectivity index (χ4n) is 2.20. The van der Waals surface area contributed by atoms with Crippen molar-refractivity contribution in [3.63, 3.8) is 0 Å². The van der Waals surface area contributed by atoms with Crippen molar-refractivity contribution in [2.24, 2.45) is 0 Å². The topological polar surface area (TPSA) is 45.2 Å². The number of rotatable bonds is 3. The van der Waals surface area contributed by atoms with Crippen LogP contribution in [0.25, 0.3) is 0 Å². The molecule has 0 spiro atoms. The highest BCUT2D eigenvalue weighted by molar-refractivity contribution is 7.09. The molecule has 1 atom stereocenters. The second kappa shape index (κ2) is 5.60. The van der Waals surface area contributed by atoms with Crippen LogP contribution in [-0.2, 0) is 11.2 Å². The Labute approximate surface area is 106 Å². The van der Waals surface area contributed by atoms with Crippen LogP contribution in [0.3, 0.4) is 0 Å². The first-order chi connectivity index (χ1) is 8.19. The molecule has 1 amide bonds. The van der Waals surface area contributed by atoms with Gasteiger partial charge in [0.25, 0.3) is 0 Å². The molecular weight excluding hydrogens is 234 g/mol. The van der Waals surface area contributed by atoms with Gasteiger partial charge in [0.05, 0.1) is 17.1 Å². The highest BCUT2D eigenvalue weighted by Gasteiger charge is 2.22. The molecule has 0 aliphatic carbocycles. The van der Waals surface area contributed by atoms with Crippen LogP contribution in [0.2, 0.25) is 0 Å². The Kier molecular flexibility index (Phi) is 4.12. The lowest BCUT2D eigenvalue weighted by Crippen LogP contribution is -2.47. The van der Waals surface area contributed by atoms with Crippen LogP contribution in [0.4, 0.5) is 0 Å². The number of piperidine rings is 1. The number of carbonyl (C=O) groups is 1. The van der Waals surface area contributed by atoms with Crippen LogP contribution in [0.5, 0.6) is 0 Å². The molecule has 0 bridgehead atoms. The summed E-state index contributed by atoms with van der Waals surface area (Å²) in [7, 11) is 1.96. The number of thiazole rings is 1. The number of likely N-dealkylation sites (N-methyl/N-ethyl adjacent to an activating group) is 1. The summed E-state index contributed by atoms with van der Waals surface area (Å²) in [6.45, 7) is 3.69.